The SMILES string of the molecule is N#Cc1cc(-c2cc(C(F)F)c3c(-c4ccncc4)[nH]nc3n2)ccc1N. The lowest BCUT2D eigenvalue weighted by Crippen LogP contribution is -1.95. The van der Waals surface area contributed by atoms with Crippen LogP contribution < -0.4 is 5.73 Å². The van der Waals surface area contributed by atoms with E-state index < -0.39 is 6.43 Å². The molecule has 3 N–H and O–H groups in total. The number of alkyl halides is 2. The molecule has 6 nitrogen and oxygen atoms in total. The smallest absolute Gasteiger partial charge is 0.264 e. The number of nitrogens with one attached hydrogen (secondary N) is 1. The van der Waals surface area contributed by atoms with Crippen molar-refractivity contribution in [1.82, 2.24) is 20.2 Å². The van der Waals surface area contributed by atoms with E-state index in [0.29, 0.717) is 28.2 Å². The van der Waals surface area contributed by atoms with Gasteiger partial charge in [0.05, 0.1) is 22.3 Å². The van der Waals surface area contributed by atoms with Gasteiger partial charge in [-0.3, -0.25) is 10.1 Å². The molecule has 0 aliphatic rings. The number of benzene rings is 1. The van der Waals surface area contributed by atoms with Gasteiger partial charge in [0, 0.05) is 34.8 Å². The second-order valence-corrected chi connectivity index (χ2v) is 5.84. The van der Waals surface area contributed by atoms with Crippen molar-refractivity contribution in [2.75, 3.05) is 5.73 Å². The fourth-order valence-corrected chi connectivity index (χ4v) is 2.91. The highest BCUT2D eigenvalue weighted by Crippen LogP contribution is 2.36. The minimum absolute atomic E-state index is 0.171. The van der Waals surface area contributed by atoms with E-state index in [1.165, 1.54) is 12.1 Å². The molecule has 0 saturated heterocycles. The lowest BCUT2D eigenvalue weighted by Gasteiger charge is -2.08. The van der Waals surface area contributed by atoms with Gasteiger partial charge in [0.2, 0.25) is 0 Å². The Labute approximate surface area is 152 Å². The van der Waals surface area contributed by atoms with Gasteiger partial charge < -0.3 is 5.73 Å². The van der Waals surface area contributed by atoms with Gasteiger partial charge in [-0.25, -0.2) is 13.8 Å². The van der Waals surface area contributed by atoms with Crippen molar-refractivity contribution in [3.05, 3.63) is 59.9 Å². The number of H-pyrrole nitrogens is 1. The first-order chi connectivity index (χ1) is 13.1. The maximum Gasteiger partial charge on any atom is 0.264 e. The Balaban J connectivity index is 1.95. The van der Waals surface area contributed by atoms with Gasteiger partial charge in [0.1, 0.15) is 6.07 Å². The molecule has 0 unspecified atom stereocenters. The summed E-state index contributed by atoms with van der Waals surface area (Å²) >= 11 is 0. The number of aromatic nitrogens is 4. The quantitative estimate of drug-likeness (QED) is 0.534. The molecule has 0 spiro atoms. The number of halogens is 2. The first-order valence-electron chi connectivity index (χ1n) is 7.96. The van der Waals surface area contributed by atoms with Crippen LogP contribution in [0, 0.1) is 11.3 Å². The van der Waals surface area contributed by atoms with Crippen LogP contribution >= 0.6 is 0 Å². The summed E-state index contributed by atoms with van der Waals surface area (Å²) in [5.41, 5.74) is 8.23. The van der Waals surface area contributed by atoms with Crippen molar-refractivity contribution in [2.24, 2.45) is 0 Å². The predicted molar refractivity (Wildman–Crippen MR) is 96.6 cm³/mol. The molecular weight excluding hydrogens is 350 g/mol. The van der Waals surface area contributed by atoms with Crippen LogP contribution in [0.5, 0.6) is 0 Å². The fraction of sp³-hybridized carbons (Fsp3) is 0.0526. The van der Waals surface area contributed by atoms with E-state index in [9.17, 15) is 8.78 Å². The summed E-state index contributed by atoms with van der Waals surface area (Å²) in [5.74, 6) is 0. The van der Waals surface area contributed by atoms with Gasteiger partial charge in [-0.2, -0.15) is 10.4 Å². The van der Waals surface area contributed by atoms with Crippen molar-refractivity contribution < 1.29 is 8.78 Å². The van der Waals surface area contributed by atoms with E-state index in [2.05, 4.69) is 20.2 Å². The molecular formula is C19H12F2N6. The van der Waals surface area contributed by atoms with E-state index >= 15 is 0 Å². The first-order valence-corrected chi connectivity index (χ1v) is 7.96. The molecule has 27 heavy (non-hydrogen) atoms. The minimum atomic E-state index is -2.73. The zero-order chi connectivity index (χ0) is 19.0. The molecule has 4 rings (SSSR count). The molecule has 0 bridgehead atoms. The fourth-order valence-electron chi connectivity index (χ4n) is 2.91. The lowest BCUT2D eigenvalue weighted by atomic mass is 10.0. The number of nitriles is 1. The number of nitrogens with two attached hydrogens (primary N) is 1. The third-order valence-corrected chi connectivity index (χ3v) is 4.23. The van der Waals surface area contributed by atoms with Crippen molar-refractivity contribution >= 4 is 16.7 Å². The highest BCUT2D eigenvalue weighted by atomic mass is 19.3. The van der Waals surface area contributed by atoms with Crippen LogP contribution in [-0.4, -0.2) is 20.2 Å². The molecule has 0 radical (unpaired) electrons. The number of anilines is 1. The van der Waals surface area contributed by atoms with Crippen LogP contribution in [0.2, 0.25) is 0 Å². The van der Waals surface area contributed by atoms with Crippen LogP contribution in [0.1, 0.15) is 17.6 Å². The second kappa shape index (κ2) is 6.46. The van der Waals surface area contributed by atoms with Crippen LogP contribution in [0.15, 0.2) is 48.8 Å². The number of aromatic amines is 1. The van der Waals surface area contributed by atoms with Crippen LogP contribution in [0.4, 0.5) is 14.5 Å². The minimum Gasteiger partial charge on any atom is -0.398 e. The Kier molecular flexibility index (Phi) is 3.97. The predicted octanol–water partition coefficient (Wildman–Crippen LogP) is 4.08. The van der Waals surface area contributed by atoms with E-state index in [1.807, 2.05) is 6.07 Å². The topological polar surface area (TPSA) is 104 Å². The van der Waals surface area contributed by atoms with Crippen molar-refractivity contribution in [3.8, 4) is 28.6 Å². The number of hydrogen-bond donors (Lipinski definition) is 2. The summed E-state index contributed by atoms with van der Waals surface area (Å²) in [5, 5.41) is 16.3. The molecule has 0 aliphatic carbocycles. The highest BCUT2D eigenvalue weighted by Gasteiger charge is 2.21. The van der Waals surface area contributed by atoms with Gasteiger partial charge in [-0.1, -0.05) is 6.07 Å². The van der Waals surface area contributed by atoms with E-state index in [4.69, 9.17) is 11.0 Å². The molecule has 4 aromatic rings. The molecule has 0 aliphatic heterocycles. The average molecular weight is 362 g/mol. The number of nitrogen functional groups attached to an aromatic ring is 1. The monoisotopic (exact) mass is 362 g/mol. The molecule has 0 saturated carbocycles. The van der Waals surface area contributed by atoms with Crippen LogP contribution in [-0.2, 0) is 0 Å². The molecule has 132 valence electrons. The van der Waals surface area contributed by atoms with Crippen molar-refractivity contribution in [1.29, 1.82) is 5.26 Å². The Bertz CT molecular complexity index is 1180. The Morgan fingerprint density at radius 2 is 1.85 bits per heavy atom. The summed E-state index contributed by atoms with van der Waals surface area (Å²) in [7, 11) is 0. The van der Waals surface area contributed by atoms with Crippen LogP contribution in [0.3, 0.4) is 0 Å². The number of hydrogen-bond acceptors (Lipinski definition) is 5. The van der Waals surface area contributed by atoms with E-state index in [1.54, 1.807) is 36.7 Å². The van der Waals surface area contributed by atoms with Gasteiger partial charge in [0.15, 0.2) is 5.65 Å². The third-order valence-electron chi connectivity index (χ3n) is 4.23. The summed E-state index contributed by atoms with van der Waals surface area (Å²) < 4.78 is 27.6. The molecule has 3 heterocycles. The number of pyridine rings is 2. The Morgan fingerprint density at radius 3 is 2.56 bits per heavy atom. The highest BCUT2D eigenvalue weighted by molar-refractivity contribution is 5.95. The third kappa shape index (κ3) is 2.85. The van der Waals surface area contributed by atoms with Gasteiger partial charge in [-0.15, -0.1) is 0 Å². The van der Waals surface area contributed by atoms with Gasteiger partial charge in [-0.05, 0) is 30.3 Å². The zero-order valence-electron chi connectivity index (χ0n) is 13.8. The molecule has 0 atom stereocenters. The van der Waals surface area contributed by atoms with E-state index in [-0.39, 0.29) is 22.2 Å². The zero-order valence-corrected chi connectivity index (χ0v) is 13.8. The van der Waals surface area contributed by atoms with Crippen molar-refractivity contribution in [2.45, 2.75) is 6.43 Å². The number of fused-ring (bicyclic) bond motifs is 1. The average Bonchev–Trinajstić information content (AvgIpc) is 3.12. The molecule has 8 heteroatoms. The maximum absolute atomic E-state index is 13.8. The number of rotatable bonds is 3. The molecule has 0 fully saturated rings. The first kappa shape index (κ1) is 16.6. The van der Waals surface area contributed by atoms with Gasteiger partial charge >= 0.3 is 0 Å². The van der Waals surface area contributed by atoms with E-state index in [0.717, 1.165) is 0 Å². The second-order valence-electron chi connectivity index (χ2n) is 5.84. The summed E-state index contributed by atoms with van der Waals surface area (Å²) in [6.45, 7) is 0. The largest absolute Gasteiger partial charge is 0.398 e. The Hall–Kier alpha value is -3.86. The summed E-state index contributed by atoms with van der Waals surface area (Å²) in [6.07, 6.45) is 0.421. The Morgan fingerprint density at radius 1 is 1.07 bits per heavy atom. The molecule has 1 aromatic carbocycles. The summed E-state index contributed by atoms with van der Waals surface area (Å²) in [6, 6.07) is 11.4. The maximum atomic E-state index is 13.8. The standard InChI is InChI=1S/C19H12F2N6/c20-18(21)13-8-15(11-1-2-14(23)12(7-11)9-22)25-19-16(13)17(26-27-19)10-3-5-24-6-4-10/h1-8,18H,23H2,(H,25,26,27). The van der Waals surface area contributed by atoms with Crippen LogP contribution in [0.25, 0.3) is 33.5 Å². The normalized spacial score (nSPS) is 11.0. The van der Waals surface area contributed by atoms with Crippen molar-refractivity contribution in [3.63, 3.8) is 0 Å². The summed E-state index contributed by atoms with van der Waals surface area (Å²) in [4.78, 5) is 8.33. The molecule has 3 aromatic heterocycles. The molecule has 0 amide bonds. The number of nitrogens with zero attached hydrogens (tertiary/aromatic N) is 4. The van der Waals surface area contributed by atoms with Gasteiger partial charge in [0.25, 0.3) is 6.43 Å². The lowest BCUT2D eigenvalue weighted by molar-refractivity contribution is 0.153.